The van der Waals surface area contributed by atoms with E-state index in [1.165, 1.54) is 12.1 Å². The summed E-state index contributed by atoms with van der Waals surface area (Å²) in [5, 5.41) is 18.6. The van der Waals surface area contributed by atoms with Gasteiger partial charge >= 0.3 is 0 Å². The molecule has 1 aromatic rings. The first-order chi connectivity index (χ1) is 9.62. The Hall–Kier alpha value is -2.28. The number of rotatable bonds is 6. The van der Waals surface area contributed by atoms with Gasteiger partial charge in [0.2, 0.25) is 0 Å². The predicted octanol–water partition coefficient (Wildman–Crippen LogP) is 2.95. The normalized spacial score (nSPS) is 10.9. The Morgan fingerprint density at radius 3 is 2.75 bits per heavy atom. The second-order valence-corrected chi connectivity index (χ2v) is 4.50. The zero-order valence-electron chi connectivity index (χ0n) is 12.0. The Kier molecular flexibility index (Phi) is 6.31. The van der Waals surface area contributed by atoms with Gasteiger partial charge in [0, 0.05) is 13.1 Å². The molecule has 1 rings (SSSR count). The maximum atomic E-state index is 12.3. The molecule has 0 fully saturated rings. The molecule has 0 aliphatic rings. The Morgan fingerprint density at radius 2 is 2.20 bits per heavy atom. The smallest absolute Gasteiger partial charge is 0.264 e. The van der Waals surface area contributed by atoms with Gasteiger partial charge in [-0.25, -0.2) is 0 Å². The summed E-state index contributed by atoms with van der Waals surface area (Å²) in [4.78, 5) is 13.9. The highest BCUT2D eigenvalue weighted by molar-refractivity contribution is 6.01. The van der Waals surface area contributed by atoms with Crippen LogP contribution >= 0.6 is 0 Å². The number of nitriles is 1. The first-order valence-electron chi connectivity index (χ1n) is 6.82. The van der Waals surface area contributed by atoms with Crippen molar-refractivity contribution in [1.29, 1.82) is 5.26 Å². The minimum atomic E-state index is -0.258. The van der Waals surface area contributed by atoms with Crippen molar-refractivity contribution < 1.29 is 9.90 Å². The number of phenolic OH excluding ortho intramolecular Hbond substituents is 1. The van der Waals surface area contributed by atoms with Gasteiger partial charge in [0.25, 0.3) is 5.91 Å². The van der Waals surface area contributed by atoms with Crippen LogP contribution in [0.25, 0.3) is 6.08 Å². The monoisotopic (exact) mass is 272 g/mol. The van der Waals surface area contributed by atoms with Crippen LogP contribution < -0.4 is 0 Å². The van der Waals surface area contributed by atoms with E-state index in [0.29, 0.717) is 18.7 Å². The Labute approximate surface area is 119 Å². The second-order valence-electron chi connectivity index (χ2n) is 4.50. The third kappa shape index (κ3) is 4.43. The molecule has 0 radical (unpaired) electrons. The van der Waals surface area contributed by atoms with Crippen LogP contribution in [0, 0.1) is 11.3 Å². The Bertz CT molecular complexity index is 530. The lowest BCUT2D eigenvalue weighted by atomic mass is 10.1. The summed E-state index contributed by atoms with van der Waals surface area (Å²) < 4.78 is 0. The maximum absolute atomic E-state index is 12.3. The SMILES string of the molecule is CCCCN(CC)C(=O)/C(C#N)=C/c1cccc(O)c1. The van der Waals surface area contributed by atoms with Gasteiger partial charge in [-0.15, -0.1) is 0 Å². The van der Waals surface area contributed by atoms with E-state index in [9.17, 15) is 9.90 Å². The highest BCUT2D eigenvalue weighted by Gasteiger charge is 2.16. The summed E-state index contributed by atoms with van der Waals surface area (Å²) in [7, 11) is 0. The van der Waals surface area contributed by atoms with Crippen molar-refractivity contribution in [1.82, 2.24) is 4.90 Å². The predicted molar refractivity (Wildman–Crippen MR) is 78.9 cm³/mol. The van der Waals surface area contributed by atoms with Crippen LogP contribution in [0.15, 0.2) is 29.8 Å². The molecule has 0 aliphatic heterocycles. The number of carbonyl (C=O) groups is 1. The first kappa shape index (κ1) is 15.8. The lowest BCUT2D eigenvalue weighted by Gasteiger charge is -2.20. The fraction of sp³-hybridized carbons (Fsp3) is 0.375. The number of unbranched alkanes of at least 4 members (excludes halogenated alkanes) is 1. The van der Waals surface area contributed by atoms with Crippen molar-refractivity contribution in [2.45, 2.75) is 26.7 Å². The molecule has 20 heavy (non-hydrogen) atoms. The van der Waals surface area contributed by atoms with E-state index < -0.39 is 0 Å². The average Bonchev–Trinajstić information content (AvgIpc) is 2.45. The molecule has 0 unspecified atom stereocenters. The molecule has 1 amide bonds. The van der Waals surface area contributed by atoms with Gasteiger partial charge in [0.1, 0.15) is 17.4 Å². The van der Waals surface area contributed by atoms with Crippen LogP contribution in [0.1, 0.15) is 32.3 Å². The van der Waals surface area contributed by atoms with Gasteiger partial charge in [-0.2, -0.15) is 5.26 Å². The average molecular weight is 272 g/mol. The number of hydrogen-bond acceptors (Lipinski definition) is 3. The fourth-order valence-electron chi connectivity index (χ4n) is 1.85. The van der Waals surface area contributed by atoms with Gasteiger partial charge in [0.05, 0.1) is 0 Å². The number of likely N-dealkylation sites (N-methyl/N-ethyl adjacent to an activating group) is 1. The number of hydrogen-bond donors (Lipinski definition) is 1. The largest absolute Gasteiger partial charge is 0.508 e. The lowest BCUT2D eigenvalue weighted by Crippen LogP contribution is -2.32. The summed E-state index contributed by atoms with van der Waals surface area (Å²) in [6.07, 6.45) is 3.43. The van der Waals surface area contributed by atoms with Crippen molar-refractivity contribution >= 4 is 12.0 Å². The Balaban J connectivity index is 2.94. The number of benzene rings is 1. The van der Waals surface area contributed by atoms with Crippen molar-refractivity contribution in [2.24, 2.45) is 0 Å². The quantitative estimate of drug-likeness (QED) is 0.639. The third-order valence-corrected chi connectivity index (χ3v) is 2.98. The van der Waals surface area contributed by atoms with Crippen molar-refractivity contribution in [3.63, 3.8) is 0 Å². The van der Waals surface area contributed by atoms with Crippen molar-refractivity contribution in [2.75, 3.05) is 13.1 Å². The number of aromatic hydroxyl groups is 1. The Morgan fingerprint density at radius 1 is 1.45 bits per heavy atom. The molecular formula is C16H20N2O2. The molecule has 4 nitrogen and oxygen atoms in total. The molecule has 0 aliphatic carbocycles. The lowest BCUT2D eigenvalue weighted by molar-refractivity contribution is -0.126. The molecule has 1 aromatic carbocycles. The maximum Gasteiger partial charge on any atom is 0.264 e. The summed E-state index contributed by atoms with van der Waals surface area (Å²) in [5.74, 6) is -0.145. The topological polar surface area (TPSA) is 64.3 Å². The van der Waals surface area contributed by atoms with Gasteiger partial charge in [0.15, 0.2) is 0 Å². The molecule has 0 heterocycles. The molecule has 0 aromatic heterocycles. The summed E-state index contributed by atoms with van der Waals surface area (Å²) >= 11 is 0. The number of nitrogens with zero attached hydrogens (tertiary/aromatic N) is 2. The zero-order valence-corrected chi connectivity index (χ0v) is 12.0. The van der Waals surface area contributed by atoms with Crippen LogP contribution in [0.3, 0.4) is 0 Å². The number of carbonyl (C=O) groups excluding carboxylic acids is 1. The highest BCUT2D eigenvalue weighted by atomic mass is 16.3. The van der Waals surface area contributed by atoms with E-state index in [-0.39, 0.29) is 17.2 Å². The first-order valence-corrected chi connectivity index (χ1v) is 6.82. The third-order valence-electron chi connectivity index (χ3n) is 2.98. The van der Waals surface area contributed by atoms with Crippen molar-refractivity contribution in [3.05, 3.63) is 35.4 Å². The minimum absolute atomic E-state index is 0.0913. The van der Waals surface area contributed by atoms with Crippen LogP contribution in [0.4, 0.5) is 0 Å². The van der Waals surface area contributed by atoms with E-state index in [4.69, 9.17) is 5.26 Å². The van der Waals surface area contributed by atoms with Gasteiger partial charge in [-0.3, -0.25) is 4.79 Å². The molecule has 0 spiro atoms. The molecule has 106 valence electrons. The summed E-state index contributed by atoms with van der Waals surface area (Å²) in [6, 6.07) is 8.44. The van der Waals surface area contributed by atoms with Crippen LogP contribution in [-0.4, -0.2) is 29.0 Å². The van der Waals surface area contributed by atoms with Crippen LogP contribution in [0.2, 0.25) is 0 Å². The van der Waals surface area contributed by atoms with Crippen LogP contribution in [-0.2, 0) is 4.79 Å². The second kappa shape index (κ2) is 8.00. The molecule has 0 saturated heterocycles. The van der Waals surface area contributed by atoms with Crippen LogP contribution in [0.5, 0.6) is 5.75 Å². The minimum Gasteiger partial charge on any atom is -0.508 e. The standard InChI is InChI=1S/C16H20N2O2/c1-3-5-9-18(4-2)16(20)14(12-17)10-13-7-6-8-15(19)11-13/h6-8,10-11,19H,3-5,9H2,1-2H3/b14-10+. The molecule has 1 N–H and O–H groups in total. The molecule has 0 atom stereocenters. The molecule has 4 heteroatoms. The van der Waals surface area contributed by atoms with E-state index in [1.807, 2.05) is 13.0 Å². The number of phenols is 1. The molecular weight excluding hydrogens is 252 g/mol. The summed E-state index contributed by atoms with van der Waals surface area (Å²) in [6.45, 7) is 5.20. The highest BCUT2D eigenvalue weighted by Crippen LogP contribution is 2.15. The molecule has 0 saturated carbocycles. The van der Waals surface area contributed by atoms with Crippen molar-refractivity contribution in [3.8, 4) is 11.8 Å². The summed E-state index contributed by atoms with van der Waals surface area (Å²) in [5.41, 5.74) is 0.731. The van der Waals surface area contributed by atoms with E-state index in [1.54, 1.807) is 23.1 Å². The van der Waals surface area contributed by atoms with E-state index >= 15 is 0 Å². The number of amides is 1. The van der Waals surface area contributed by atoms with E-state index in [0.717, 1.165) is 12.8 Å². The van der Waals surface area contributed by atoms with E-state index in [2.05, 4.69) is 6.92 Å². The van der Waals surface area contributed by atoms with Gasteiger partial charge in [-0.05, 0) is 37.1 Å². The fourth-order valence-corrected chi connectivity index (χ4v) is 1.85. The zero-order chi connectivity index (χ0) is 15.0. The van der Waals surface area contributed by atoms with Gasteiger partial charge in [-0.1, -0.05) is 25.5 Å². The van der Waals surface area contributed by atoms with Gasteiger partial charge < -0.3 is 10.0 Å². The molecule has 0 bridgehead atoms.